The number of ketones is 1. The first-order chi connectivity index (χ1) is 19.8. The van der Waals surface area contributed by atoms with Gasteiger partial charge in [0, 0.05) is 5.56 Å². The van der Waals surface area contributed by atoms with Crippen LogP contribution < -0.4 is 23.8 Å². The standard InChI is InChI=1S/C31H28N2O7S/c1-5-38-20-8-6-18(14-22(20)37-4)27-25(28(34)19-7-9-21-23(15-19)40-11-10-39-21)29(35)30(36)33(27)31-32-26-17(3)12-16(2)13-24(26)41-31/h6-9,12-15,27,34H,5,10-11H2,1-4H3. The number of aliphatic hydroxyl groups is 1. The predicted molar refractivity (Wildman–Crippen MR) is 155 cm³/mol. The number of aromatic nitrogens is 1. The highest BCUT2D eigenvalue weighted by atomic mass is 32.1. The highest BCUT2D eigenvalue weighted by Crippen LogP contribution is 2.46. The van der Waals surface area contributed by atoms with Crippen molar-refractivity contribution in [2.45, 2.75) is 26.8 Å². The normalized spacial score (nSPS) is 17.8. The quantitative estimate of drug-likeness (QED) is 0.178. The van der Waals surface area contributed by atoms with Gasteiger partial charge in [-0.25, -0.2) is 4.98 Å². The molecule has 6 rings (SSSR count). The van der Waals surface area contributed by atoms with Crippen LogP contribution in [-0.2, 0) is 9.59 Å². The van der Waals surface area contributed by atoms with E-state index in [-0.39, 0.29) is 11.3 Å². The molecule has 0 saturated carbocycles. The number of amides is 1. The molecule has 0 aliphatic carbocycles. The van der Waals surface area contributed by atoms with Crippen LogP contribution in [0.15, 0.2) is 54.1 Å². The van der Waals surface area contributed by atoms with Crippen LogP contribution in [-0.4, -0.2) is 48.7 Å². The minimum absolute atomic E-state index is 0.0648. The number of aliphatic hydroxyl groups excluding tert-OH is 1. The number of thiazole rings is 1. The summed E-state index contributed by atoms with van der Waals surface area (Å²) in [5.74, 6) is 0.0253. The highest BCUT2D eigenvalue weighted by molar-refractivity contribution is 7.22. The summed E-state index contributed by atoms with van der Waals surface area (Å²) in [6.07, 6.45) is 0. The van der Waals surface area contributed by atoms with E-state index >= 15 is 0 Å². The van der Waals surface area contributed by atoms with Crippen molar-refractivity contribution < 1.29 is 33.6 Å². The number of nitrogens with zero attached hydrogens (tertiary/aromatic N) is 2. The van der Waals surface area contributed by atoms with E-state index in [4.69, 9.17) is 23.9 Å². The fourth-order valence-electron chi connectivity index (χ4n) is 5.28. The van der Waals surface area contributed by atoms with Crippen LogP contribution in [0.3, 0.4) is 0 Å². The molecule has 1 saturated heterocycles. The summed E-state index contributed by atoms with van der Waals surface area (Å²) in [6.45, 7) is 7.05. The summed E-state index contributed by atoms with van der Waals surface area (Å²) in [7, 11) is 1.52. The zero-order valence-corrected chi connectivity index (χ0v) is 23.8. The molecule has 1 aromatic heterocycles. The topological polar surface area (TPSA) is 107 Å². The van der Waals surface area contributed by atoms with Crippen LogP contribution in [0.5, 0.6) is 23.0 Å². The number of hydrogen-bond donors (Lipinski definition) is 1. The van der Waals surface area contributed by atoms with Crippen molar-refractivity contribution in [1.29, 1.82) is 0 Å². The molecule has 1 atom stereocenters. The van der Waals surface area contributed by atoms with Gasteiger partial charge in [-0.3, -0.25) is 14.5 Å². The van der Waals surface area contributed by atoms with Crippen molar-refractivity contribution in [1.82, 2.24) is 4.98 Å². The summed E-state index contributed by atoms with van der Waals surface area (Å²) in [4.78, 5) is 33.6. The zero-order chi connectivity index (χ0) is 28.8. The van der Waals surface area contributed by atoms with Gasteiger partial charge >= 0.3 is 5.91 Å². The molecule has 0 radical (unpaired) electrons. The Kier molecular flexibility index (Phi) is 6.78. The van der Waals surface area contributed by atoms with E-state index in [1.807, 2.05) is 32.9 Å². The van der Waals surface area contributed by atoms with Crippen molar-refractivity contribution in [3.05, 3.63) is 76.4 Å². The lowest BCUT2D eigenvalue weighted by Gasteiger charge is -2.24. The van der Waals surface area contributed by atoms with E-state index in [0.717, 1.165) is 21.3 Å². The fraction of sp³-hybridized carbons (Fsp3) is 0.258. The summed E-state index contributed by atoms with van der Waals surface area (Å²) >= 11 is 1.32. The summed E-state index contributed by atoms with van der Waals surface area (Å²) in [6, 6.07) is 13.2. The van der Waals surface area contributed by atoms with Crippen LogP contribution >= 0.6 is 11.3 Å². The van der Waals surface area contributed by atoms with Crippen LogP contribution in [0.2, 0.25) is 0 Å². The molecule has 41 heavy (non-hydrogen) atoms. The molecule has 1 N–H and O–H groups in total. The van der Waals surface area contributed by atoms with E-state index in [2.05, 4.69) is 0 Å². The highest BCUT2D eigenvalue weighted by Gasteiger charge is 2.48. The largest absolute Gasteiger partial charge is 0.507 e. The number of carbonyl (C=O) groups is 2. The minimum atomic E-state index is -0.977. The first-order valence-corrected chi connectivity index (χ1v) is 14.0. The molecule has 4 aromatic rings. The summed E-state index contributed by atoms with van der Waals surface area (Å²) in [5.41, 5.74) is 3.60. The molecule has 9 nitrogen and oxygen atoms in total. The number of Topliss-reactive ketones (excluding diaryl/α,β-unsaturated/α-hetero) is 1. The number of hydrogen-bond acceptors (Lipinski definition) is 9. The van der Waals surface area contributed by atoms with Crippen LogP contribution in [0, 0.1) is 13.8 Å². The fourth-order valence-corrected chi connectivity index (χ4v) is 6.45. The Bertz CT molecular complexity index is 1740. The number of ether oxygens (including phenoxy) is 4. The SMILES string of the molecule is CCOc1ccc(C2C(=C(O)c3ccc4c(c3)OCCO4)C(=O)C(=O)N2c2nc3c(C)cc(C)cc3s2)cc1OC. The Labute approximate surface area is 240 Å². The Morgan fingerprint density at radius 2 is 1.83 bits per heavy atom. The molecule has 3 aromatic carbocycles. The maximum Gasteiger partial charge on any atom is 0.301 e. The number of aryl methyl sites for hydroxylation is 2. The van der Waals surface area contributed by atoms with Gasteiger partial charge in [-0.2, -0.15) is 0 Å². The molecule has 10 heteroatoms. The van der Waals surface area contributed by atoms with E-state index < -0.39 is 17.7 Å². The average Bonchev–Trinajstić information content (AvgIpc) is 3.51. The van der Waals surface area contributed by atoms with Crippen LogP contribution in [0.1, 0.15) is 35.2 Å². The van der Waals surface area contributed by atoms with Gasteiger partial charge in [0.25, 0.3) is 5.78 Å². The van der Waals surface area contributed by atoms with Gasteiger partial charge in [0.2, 0.25) is 0 Å². The van der Waals surface area contributed by atoms with Gasteiger partial charge < -0.3 is 24.1 Å². The van der Waals surface area contributed by atoms with Crippen LogP contribution in [0.4, 0.5) is 5.13 Å². The summed E-state index contributed by atoms with van der Waals surface area (Å²) < 4.78 is 23.5. The lowest BCUT2D eigenvalue weighted by atomic mass is 9.95. The molecule has 3 heterocycles. The smallest absolute Gasteiger partial charge is 0.301 e. The van der Waals surface area contributed by atoms with E-state index in [0.29, 0.717) is 59.1 Å². The molecule has 0 bridgehead atoms. The molecule has 0 spiro atoms. The number of anilines is 1. The monoisotopic (exact) mass is 572 g/mol. The van der Waals surface area contributed by atoms with Crippen molar-refractivity contribution in [3.63, 3.8) is 0 Å². The minimum Gasteiger partial charge on any atom is -0.507 e. The van der Waals surface area contributed by atoms with Gasteiger partial charge in [-0.15, -0.1) is 0 Å². The van der Waals surface area contributed by atoms with E-state index in [1.165, 1.54) is 23.3 Å². The van der Waals surface area contributed by atoms with Crippen molar-refractivity contribution in [2.75, 3.05) is 31.8 Å². The molecule has 1 unspecified atom stereocenters. The van der Waals surface area contributed by atoms with E-state index in [9.17, 15) is 14.7 Å². The number of methoxy groups -OCH3 is 1. The lowest BCUT2D eigenvalue weighted by Crippen LogP contribution is -2.29. The third kappa shape index (κ3) is 4.54. The van der Waals surface area contributed by atoms with Crippen molar-refractivity contribution in [3.8, 4) is 23.0 Å². The molecule has 2 aliphatic rings. The number of carbonyl (C=O) groups excluding carboxylic acids is 2. The molecule has 210 valence electrons. The summed E-state index contributed by atoms with van der Waals surface area (Å²) in [5, 5.41) is 12.0. The van der Waals surface area contributed by atoms with Crippen molar-refractivity contribution in [2.24, 2.45) is 0 Å². The number of fused-ring (bicyclic) bond motifs is 2. The van der Waals surface area contributed by atoms with Gasteiger partial charge in [0.15, 0.2) is 28.1 Å². The maximum absolute atomic E-state index is 13.7. The zero-order valence-electron chi connectivity index (χ0n) is 23.0. The second kappa shape index (κ2) is 10.4. The Morgan fingerprint density at radius 3 is 2.59 bits per heavy atom. The Hall–Kier alpha value is -4.57. The van der Waals surface area contributed by atoms with Gasteiger partial charge in [-0.1, -0.05) is 23.5 Å². The van der Waals surface area contributed by atoms with Gasteiger partial charge in [0.1, 0.15) is 19.0 Å². The Balaban J connectivity index is 1.56. The van der Waals surface area contributed by atoms with Gasteiger partial charge in [-0.05, 0) is 73.9 Å². The number of benzene rings is 3. The second-order valence-corrected chi connectivity index (χ2v) is 10.8. The predicted octanol–water partition coefficient (Wildman–Crippen LogP) is 5.72. The Morgan fingerprint density at radius 1 is 1.05 bits per heavy atom. The molecule has 2 aliphatic heterocycles. The van der Waals surface area contributed by atoms with Gasteiger partial charge in [0.05, 0.1) is 35.5 Å². The van der Waals surface area contributed by atoms with Crippen molar-refractivity contribution >= 4 is 44.1 Å². The lowest BCUT2D eigenvalue weighted by molar-refractivity contribution is -0.132. The molecule has 1 fully saturated rings. The molecular weight excluding hydrogens is 544 g/mol. The maximum atomic E-state index is 13.7. The average molecular weight is 573 g/mol. The third-order valence-corrected chi connectivity index (χ3v) is 8.09. The van der Waals surface area contributed by atoms with E-state index in [1.54, 1.807) is 36.4 Å². The molecule has 1 amide bonds. The molecular formula is C31H28N2O7S. The first kappa shape index (κ1) is 26.6. The number of rotatable bonds is 6. The third-order valence-electron chi connectivity index (χ3n) is 7.09. The first-order valence-electron chi connectivity index (χ1n) is 13.2. The second-order valence-electron chi connectivity index (χ2n) is 9.80. The van der Waals surface area contributed by atoms with Crippen LogP contribution in [0.25, 0.3) is 16.0 Å².